The zero-order chi connectivity index (χ0) is 45.9. The molecule has 0 spiro atoms. The number of esters is 1. The van der Waals surface area contributed by atoms with E-state index in [0.29, 0.717) is 75.3 Å². The Morgan fingerprint density at radius 1 is 0.841 bits per heavy atom. The van der Waals surface area contributed by atoms with E-state index in [4.69, 9.17) is 19.4 Å². The highest BCUT2D eigenvalue weighted by atomic mass is 19.4. The molecule has 0 fully saturated rings. The number of halogens is 6. The quantitative estimate of drug-likeness (QED) is 0.0849. The van der Waals surface area contributed by atoms with Gasteiger partial charge in [0.2, 0.25) is 0 Å². The zero-order valence-electron chi connectivity index (χ0n) is 36.3. The summed E-state index contributed by atoms with van der Waals surface area (Å²) in [5.74, 6) is -3.35. The van der Waals surface area contributed by atoms with Crippen LogP contribution in [0.1, 0.15) is 163 Å². The number of amides is 2. The third-order valence-electron chi connectivity index (χ3n) is 12.5. The number of nitrogens with one attached hydrogen (secondary N) is 2. The summed E-state index contributed by atoms with van der Waals surface area (Å²) in [5.41, 5.74) is 4.24. The van der Waals surface area contributed by atoms with Crippen LogP contribution in [0.2, 0.25) is 0 Å². The van der Waals surface area contributed by atoms with Crippen molar-refractivity contribution in [2.45, 2.75) is 117 Å². The lowest BCUT2D eigenvalue weighted by Crippen LogP contribution is -2.40. The average Bonchev–Trinajstić information content (AvgIpc) is 3.90. The first-order valence-electron chi connectivity index (χ1n) is 21.0. The number of allylic oxidation sites excluding steroid dienone is 3. The number of fused-ring (bicyclic) bond motifs is 8. The molecule has 2 aromatic heterocycles. The number of hydrogen-bond acceptors (Lipinski definition) is 7. The van der Waals surface area contributed by atoms with Gasteiger partial charge in [-0.25, -0.2) is 9.97 Å². The van der Waals surface area contributed by atoms with Crippen LogP contribution in [0.4, 0.5) is 26.3 Å². The summed E-state index contributed by atoms with van der Waals surface area (Å²) in [6.07, 6.45) is -8.11. The van der Waals surface area contributed by atoms with Crippen LogP contribution in [-0.2, 0) is 33.2 Å². The number of carbonyl (C=O) groups is 3. The molecule has 334 valence electrons. The summed E-state index contributed by atoms with van der Waals surface area (Å²) in [4.78, 5) is 59.8. The number of carbonyl (C=O) groups excluding carboxylic acids is 3. The van der Waals surface area contributed by atoms with Crippen molar-refractivity contribution in [3.05, 3.63) is 104 Å². The zero-order valence-corrected chi connectivity index (χ0v) is 36.3. The van der Waals surface area contributed by atoms with Crippen molar-refractivity contribution in [3.63, 3.8) is 0 Å². The van der Waals surface area contributed by atoms with E-state index >= 15 is 4.79 Å². The van der Waals surface area contributed by atoms with E-state index in [1.807, 2.05) is 46.8 Å². The normalized spacial score (nSPS) is 17.8. The Morgan fingerprint density at radius 3 is 2.10 bits per heavy atom. The molecule has 6 heterocycles. The Balaban J connectivity index is 1.55. The second-order valence-corrected chi connectivity index (χ2v) is 16.5. The average molecular weight is 878 g/mol. The molecule has 4 aliphatic heterocycles. The first-order valence-corrected chi connectivity index (χ1v) is 21.0. The van der Waals surface area contributed by atoms with Gasteiger partial charge in [-0.05, 0) is 111 Å². The van der Waals surface area contributed by atoms with Crippen LogP contribution in [0.3, 0.4) is 0 Å². The number of aromatic amines is 2. The number of unbranched alkanes of at least 4 members (excludes halogenated alkanes) is 1. The molecular formula is C47H49F6N5O5. The molecule has 7 rings (SSSR count). The summed E-state index contributed by atoms with van der Waals surface area (Å²) in [6.45, 7) is 13.2. The van der Waals surface area contributed by atoms with Gasteiger partial charge in [-0.3, -0.25) is 19.3 Å². The van der Waals surface area contributed by atoms with Crippen LogP contribution in [-0.4, -0.2) is 62.4 Å². The number of benzene rings is 1. The topological polar surface area (TPSA) is 130 Å². The third-order valence-corrected chi connectivity index (χ3v) is 12.5. The van der Waals surface area contributed by atoms with Gasteiger partial charge < -0.3 is 19.4 Å². The van der Waals surface area contributed by atoms with Crippen LogP contribution < -0.4 is 0 Å². The fourth-order valence-electron chi connectivity index (χ4n) is 8.98. The summed E-state index contributed by atoms with van der Waals surface area (Å²) in [6, 6.07) is 6.60. The van der Waals surface area contributed by atoms with Crippen LogP contribution in [0.15, 0.2) is 36.4 Å². The fourth-order valence-corrected chi connectivity index (χ4v) is 8.98. The van der Waals surface area contributed by atoms with Gasteiger partial charge in [-0.2, -0.15) is 26.3 Å². The molecule has 3 aromatic rings. The van der Waals surface area contributed by atoms with E-state index in [2.05, 4.69) is 16.9 Å². The fraction of sp³-hybridized carbons (Fsp3) is 0.426. The van der Waals surface area contributed by atoms with Crippen molar-refractivity contribution >= 4 is 51.1 Å². The molecule has 1 aromatic carbocycles. The van der Waals surface area contributed by atoms with Crippen molar-refractivity contribution in [1.82, 2.24) is 24.8 Å². The monoisotopic (exact) mass is 877 g/mol. The summed E-state index contributed by atoms with van der Waals surface area (Å²) in [7, 11) is 1.26. The van der Waals surface area contributed by atoms with E-state index < -0.39 is 65.2 Å². The van der Waals surface area contributed by atoms with Gasteiger partial charge >= 0.3 is 18.3 Å². The Hall–Kier alpha value is -5.77. The maximum Gasteiger partial charge on any atom is 0.416 e. The molecule has 1 unspecified atom stereocenters. The van der Waals surface area contributed by atoms with Gasteiger partial charge in [0.15, 0.2) is 0 Å². The molecule has 0 aliphatic carbocycles. The summed E-state index contributed by atoms with van der Waals surface area (Å²) in [5, 5.41) is 0. The van der Waals surface area contributed by atoms with E-state index in [9.17, 15) is 35.9 Å². The summed E-state index contributed by atoms with van der Waals surface area (Å²) < 4.78 is 95.4. The van der Waals surface area contributed by atoms with Crippen molar-refractivity contribution < 1.29 is 50.2 Å². The molecule has 8 bridgehead atoms. The van der Waals surface area contributed by atoms with Crippen molar-refractivity contribution in [1.29, 1.82) is 0 Å². The number of nitrogens with zero attached hydrogens (tertiary/aromatic N) is 3. The Labute approximate surface area is 360 Å². The lowest BCUT2D eigenvalue weighted by atomic mass is 9.84. The standard InChI is InChI=1S/C47H49F6N5O5/c1-9-11-14-63-26(7)39-24(5)34-18-33-23(4)31(12-13-38(59)62-8)42(56-33)41-43-40(25(6)35(57-43)19-36-30(10-2)22(3)32(54-36)20-37(39)55-34)44(60)58(45(41)61)21-27-15-28(46(48,49)50)17-29(16-27)47(51,52)53/h15-20,23,26,31,56-57H,9-14,21H2,1-8H3/t23-,26?,31-/m0/s1. The molecule has 0 saturated carbocycles. The van der Waals surface area contributed by atoms with E-state index in [0.717, 1.165) is 35.1 Å². The summed E-state index contributed by atoms with van der Waals surface area (Å²) >= 11 is 0. The number of ether oxygens (including phenoxy) is 2. The Kier molecular flexibility index (Phi) is 12.3. The number of aromatic nitrogens is 4. The van der Waals surface area contributed by atoms with Gasteiger partial charge in [0.25, 0.3) is 11.8 Å². The van der Waals surface area contributed by atoms with Crippen molar-refractivity contribution in [2.75, 3.05) is 13.7 Å². The molecule has 0 saturated heterocycles. The van der Waals surface area contributed by atoms with Crippen LogP contribution in [0.5, 0.6) is 0 Å². The number of H-pyrrole nitrogens is 2. The molecule has 2 amide bonds. The Bertz CT molecular complexity index is 2640. The number of rotatable bonds is 11. The molecular weight excluding hydrogens is 829 g/mol. The number of aryl methyl sites for hydroxylation is 1. The SMILES string of the molecule is CCCCOC(C)C1=C(C)c2cc3[nH]c(c4c5[nH]c(cc6nc(cc1n2)C(C)=C6CC)c(C)c5C(=O)N(Cc1cc(C(F)(F)F)cc(C(F)(F)F)c1)C4=O)[C@@H](CCC(=O)OC)[C@@H]3C. The molecule has 16 heteroatoms. The van der Waals surface area contributed by atoms with Gasteiger partial charge in [0.05, 0.1) is 70.3 Å². The van der Waals surface area contributed by atoms with E-state index in [1.165, 1.54) is 7.11 Å². The van der Waals surface area contributed by atoms with Gasteiger partial charge in [0.1, 0.15) is 0 Å². The predicted octanol–water partition coefficient (Wildman–Crippen LogP) is 11.5. The minimum atomic E-state index is -5.16. The first kappa shape index (κ1) is 45.3. The van der Waals surface area contributed by atoms with Crippen LogP contribution in [0, 0.1) is 6.92 Å². The number of imide groups is 1. The number of hydrogen-bond donors (Lipinski definition) is 2. The largest absolute Gasteiger partial charge is 0.469 e. The molecule has 2 N–H and O–H groups in total. The predicted molar refractivity (Wildman–Crippen MR) is 226 cm³/mol. The van der Waals surface area contributed by atoms with E-state index in [1.54, 1.807) is 13.0 Å². The van der Waals surface area contributed by atoms with Gasteiger partial charge in [0, 0.05) is 47.3 Å². The molecule has 4 aliphatic rings. The third kappa shape index (κ3) is 8.41. The maximum atomic E-state index is 15.0. The van der Waals surface area contributed by atoms with Crippen LogP contribution in [0.25, 0.3) is 33.3 Å². The van der Waals surface area contributed by atoms with Gasteiger partial charge in [-0.15, -0.1) is 0 Å². The first-order chi connectivity index (χ1) is 29.7. The lowest BCUT2D eigenvalue weighted by molar-refractivity contribution is -0.143. The number of methoxy groups -OCH3 is 1. The van der Waals surface area contributed by atoms with Crippen LogP contribution >= 0.6 is 0 Å². The van der Waals surface area contributed by atoms with Gasteiger partial charge in [-0.1, -0.05) is 27.2 Å². The second-order valence-electron chi connectivity index (χ2n) is 16.5. The molecule has 10 nitrogen and oxygen atoms in total. The highest BCUT2D eigenvalue weighted by Crippen LogP contribution is 2.46. The molecule has 0 radical (unpaired) electrons. The highest BCUT2D eigenvalue weighted by Gasteiger charge is 2.42. The number of alkyl halides is 6. The smallest absolute Gasteiger partial charge is 0.416 e. The molecule has 63 heavy (non-hydrogen) atoms. The minimum absolute atomic E-state index is 0.00359. The maximum absolute atomic E-state index is 15.0. The minimum Gasteiger partial charge on any atom is -0.469 e. The second kappa shape index (κ2) is 17.1. The molecule has 3 atom stereocenters. The van der Waals surface area contributed by atoms with Crippen molar-refractivity contribution in [3.8, 4) is 0 Å². The Morgan fingerprint density at radius 2 is 1.48 bits per heavy atom. The lowest BCUT2D eigenvalue weighted by Gasteiger charge is -2.28. The van der Waals surface area contributed by atoms with E-state index in [-0.39, 0.29) is 41.7 Å². The van der Waals surface area contributed by atoms with Crippen molar-refractivity contribution in [2.24, 2.45) is 0 Å². The highest BCUT2D eigenvalue weighted by molar-refractivity contribution is 6.23.